The maximum absolute atomic E-state index is 13.0. The summed E-state index contributed by atoms with van der Waals surface area (Å²) in [5, 5.41) is 2.77. The number of sulfonamides is 1. The minimum Gasteiger partial charge on any atom is -0.495 e. The summed E-state index contributed by atoms with van der Waals surface area (Å²) < 4.78 is 32.4. The van der Waals surface area contributed by atoms with Gasteiger partial charge in [0.15, 0.2) is 0 Å². The maximum Gasteiger partial charge on any atom is 0.243 e. The monoisotopic (exact) mass is 459 g/mol. The van der Waals surface area contributed by atoms with Gasteiger partial charge in [-0.3, -0.25) is 9.59 Å². The average molecular weight is 460 g/mol. The Morgan fingerprint density at radius 1 is 1.16 bits per heavy atom. The largest absolute Gasteiger partial charge is 0.495 e. The minimum atomic E-state index is -3.70. The molecule has 0 bridgehead atoms. The summed E-state index contributed by atoms with van der Waals surface area (Å²) in [4.78, 5) is 27.1. The van der Waals surface area contributed by atoms with Gasteiger partial charge >= 0.3 is 0 Å². The average Bonchev–Trinajstić information content (AvgIpc) is 3.16. The molecule has 1 aliphatic rings. The zero-order valence-corrected chi connectivity index (χ0v) is 19.6. The second kappa shape index (κ2) is 9.70. The van der Waals surface area contributed by atoms with Gasteiger partial charge in [-0.05, 0) is 37.3 Å². The fourth-order valence-electron chi connectivity index (χ4n) is 3.75. The highest BCUT2D eigenvalue weighted by Gasteiger charge is 2.35. The number of methoxy groups -OCH3 is 1. The van der Waals surface area contributed by atoms with Crippen molar-refractivity contribution in [3.8, 4) is 5.75 Å². The van der Waals surface area contributed by atoms with Crippen LogP contribution in [0.2, 0.25) is 0 Å². The highest BCUT2D eigenvalue weighted by atomic mass is 32.2. The SMILES string of the molecule is CCN(CC)S(=O)(=O)c1ccc(OC)c(NC(=O)[C@H]2CC(=O)N(c3ccc(C)cc3)C2)c1. The van der Waals surface area contributed by atoms with Crippen molar-refractivity contribution in [2.45, 2.75) is 32.1 Å². The van der Waals surface area contributed by atoms with Crippen LogP contribution >= 0.6 is 0 Å². The first-order valence-electron chi connectivity index (χ1n) is 10.6. The van der Waals surface area contributed by atoms with E-state index in [9.17, 15) is 18.0 Å². The normalized spacial score (nSPS) is 16.5. The van der Waals surface area contributed by atoms with E-state index in [-0.39, 0.29) is 35.4 Å². The highest BCUT2D eigenvalue weighted by molar-refractivity contribution is 7.89. The van der Waals surface area contributed by atoms with Gasteiger partial charge in [-0.2, -0.15) is 4.31 Å². The van der Waals surface area contributed by atoms with Crippen molar-refractivity contribution in [1.29, 1.82) is 0 Å². The van der Waals surface area contributed by atoms with Crippen LogP contribution in [0.5, 0.6) is 5.75 Å². The molecule has 1 saturated heterocycles. The fourth-order valence-corrected chi connectivity index (χ4v) is 5.23. The molecule has 32 heavy (non-hydrogen) atoms. The number of benzene rings is 2. The zero-order chi connectivity index (χ0) is 23.5. The van der Waals surface area contributed by atoms with Gasteiger partial charge in [0.25, 0.3) is 0 Å². The Labute approximate surface area is 189 Å². The third-order valence-corrected chi connectivity index (χ3v) is 7.66. The van der Waals surface area contributed by atoms with Gasteiger partial charge in [-0.1, -0.05) is 31.5 Å². The van der Waals surface area contributed by atoms with Gasteiger partial charge in [0, 0.05) is 31.7 Å². The van der Waals surface area contributed by atoms with E-state index in [1.165, 1.54) is 29.6 Å². The predicted molar refractivity (Wildman–Crippen MR) is 123 cm³/mol. The van der Waals surface area contributed by atoms with Crippen molar-refractivity contribution in [2.75, 3.05) is 37.0 Å². The number of nitrogens with one attached hydrogen (secondary N) is 1. The Balaban J connectivity index is 1.81. The lowest BCUT2D eigenvalue weighted by Gasteiger charge is -2.20. The van der Waals surface area contributed by atoms with Crippen LogP contribution in [-0.4, -0.2) is 51.3 Å². The van der Waals surface area contributed by atoms with Gasteiger partial charge in [-0.15, -0.1) is 0 Å². The van der Waals surface area contributed by atoms with E-state index in [2.05, 4.69) is 5.32 Å². The summed E-state index contributed by atoms with van der Waals surface area (Å²) in [6, 6.07) is 11.9. The Kier molecular flexibility index (Phi) is 7.20. The van der Waals surface area contributed by atoms with Crippen molar-refractivity contribution in [2.24, 2.45) is 5.92 Å². The van der Waals surface area contributed by atoms with Crippen LogP contribution in [0.25, 0.3) is 0 Å². The second-order valence-electron chi connectivity index (χ2n) is 7.68. The van der Waals surface area contributed by atoms with Crippen LogP contribution in [0.4, 0.5) is 11.4 Å². The number of aryl methyl sites for hydroxylation is 1. The quantitative estimate of drug-likeness (QED) is 0.655. The van der Waals surface area contributed by atoms with Crippen molar-refractivity contribution < 1.29 is 22.7 Å². The summed E-state index contributed by atoms with van der Waals surface area (Å²) in [5.41, 5.74) is 2.09. The molecule has 1 atom stereocenters. The number of ether oxygens (including phenoxy) is 1. The van der Waals surface area contributed by atoms with E-state index in [1.807, 2.05) is 31.2 Å². The first kappa shape index (κ1) is 23.7. The molecule has 0 unspecified atom stereocenters. The summed E-state index contributed by atoms with van der Waals surface area (Å²) in [6.07, 6.45) is 0.0828. The van der Waals surface area contributed by atoms with E-state index in [1.54, 1.807) is 18.7 Å². The smallest absolute Gasteiger partial charge is 0.243 e. The molecule has 0 radical (unpaired) electrons. The number of carbonyl (C=O) groups is 2. The van der Waals surface area contributed by atoms with E-state index >= 15 is 0 Å². The first-order chi connectivity index (χ1) is 15.2. The van der Waals surface area contributed by atoms with Crippen LogP contribution < -0.4 is 15.0 Å². The van der Waals surface area contributed by atoms with Gasteiger partial charge < -0.3 is 15.0 Å². The Morgan fingerprint density at radius 3 is 2.41 bits per heavy atom. The van der Waals surface area contributed by atoms with Crippen LogP contribution in [0.1, 0.15) is 25.8 Å². The number of hydrogen-bond acceptors (Lipinski definition) is 5. The fraction of sp³-hybridized carbons (Fsp3) is 0.391. The third kappa shape index (κ3) is 4.78. The molecular formula is C23H29N3O5S. The molecule has 0 aliphatic carbocycles. The summed E-state index contributed by atoms with van der Waals surface area (Å²) in [7, 11) is -2.25. The van der Waals surface area contributed by atoms with Crippen LogP contribution in [0, 0.1) is 12.8 Å². The molecule has 2 aromatic rings. The summed E-state index contributed by atoms with van der Waals surface area (Å²) in [6.45, 7) is 6.44. The number of anilines is 2. The number of nitrogens with zero attached hydrogens (tertiary/aromatic N) is 2. The molecule has 1 N–H and O–H groups in total. The molecule has 2 aromatic carbocycles. The summed E-state index contributed by atoms with van der Waals surface area (Å²) in [5.74, 6) is -0.699. The van der Waals surface area contributed by atoms with Gasteiger partial charge in [0.1, 0.15) is 5.75 Å². The molecule has 0 spiro atoms. The zero-order valence-electron chi connectivity index (χ0n) is 18.8. The molecular weight excluding hydrogens is 430 g/mol. The topological polar surface area (TPSA) is 96.0 Å². The highest BCUT2D eigenvalue weighted by Crippen LogP contribution is 2.31. The van der Waals surface area contributed by atoms with E-state index in [4.69, 9.17) is 4.74 Å². The van der Waals surface area contributed by atoms with Crippen molar-refractivity contribution in [1.82, 2.24) is 4.31 Å². The lowest BCUT2D eigenvalue weighted by Crippen LogP contribution is -2.31. The molecule has 3 rings (SSSR count). The van der Waals surface area contributed by atoms with Crippen LogP contribution in [-0.2, 0) is 19.6 Å². The lowest BCUT2D eigenvalue weighted by molar-refractivity contribution is -0.122. The predicted octanol–water partition coefficient (Wildman–Crippen LogP) is 3.03. The number of carbonyl (C=O) groups excluding carboxylic acids is 2. The molecule has 1 fully saturated rings. The molecule has 172 valence electrons. The third-order valence-electron chi connectivity index (χ3n) is 5.61. The van der Waals surface area contributed by atoms with Crippen molar-refractivity contribution in [3.63, 3.8) is 0 Å². The Morgan fingerprint density at radius 2 is 1.81 bits per heavy atom. The molecule has 8 nitrogen and oxygen atoms in total. The Hall–Kier alpha value is -2.91. The number of rotatable bonds is 8. The van der Waals surface area contributed by atoms with Gasteiger partial charge in [-0.25, -0.2) is 8.42 Å². The second-order valence-corrected chi connectivity index (χ2v) is 9.62. The van der Waals surface area contributed by atoms with Crippen LogP contribution in [0.3, 0.4) is 0 Å². The molecule has 2 amide bonds. The lowest BCUT2D eigenvalue weighted by atomic mass is 10.1. The molecule has 0 saturated carbocycles. The van der Waals surface area contributed by atoms with Crippen LogP contribution in [0.15, 0.2) is 47.4 Å². The maximum atomic E-state index is 13.0. The molecule has 0 aromatic heterocycles. The van der Waals surface area contributed by atoms with E-state index in [0.29, 0.717) is 18.8 Å². The molecule has 1 aliphatic heterocycles. The van der Waals surface area contributed by atoms with Gasteiger partial charge in [0.05, 0.1) is 23.6 Å². The molecule has 9 heteroatoms. The molecule has 1 heterocycles. The Bertz CT molecular complexity index is 1100. The van der Waals surface area contributed by atoms with E-state index < -0.39 is 15.9 Å². The number of hydrogen-bond donors (Lipinski definition) is 1. The van der Waals surface area contributed by atoms with Gasteiger partial charge in [0.2, 0.25) is 21.8 Å². The number of amides is 2. The summed E-state index contributed by atoms with van der Waals surface area (Å²) >= 11 is 0. The standard InChI is InChI=1S/C23H29N3O5S/c1-5-25(6-2)32(29,30)19-11-12-21(31-4)20(14-19)24-23(28)17-13-22(27)26(15-17)18-9-7-16(3)8-10-18/h7-12,14,17H,5-6,13,15H2,1-4H3,(H,24,28)/t17-/m0/s1. The first-order valence-corrected chi connectivity index (χ1v) is 12.0. The minimum absolute atomic E-state index is 0.0704. The van der Waals surface area contributed by atoms with Crippen molar-refractivity contribution >= 4 is 33.2 Å². The van der Waals surface area contributed by atoms with E-state index in [0.717, 1.165) is 11.3 Å². The van der Waals surface area contributed by atoms with Crippen molar-refractivity contribution in [3.05, 3.63) is 48.0 Å².